The van der Waals surface area contributed by atoms with E-state index < -0.39 is 7.37 Å². The zero-order valence-corrected chi connectivity index (χ0v) is 11.3. The van der Waals surface area contributed by atoms with E-state index in [0.29, 0.717) is 17.4 Å². The minimum absolute atomic E-state index is 0.433. The van der Waals surface area contributed by atoms with Crippen LogP contribution in [0.3, 0.4) is 0 Å². The standard InChI is InChI=1S/C14H21O2P/c1-12-7-9-13(10-8-12)11-17(15,16)14-5-3-2-4-6-14/h2-6,12-13H,7-11H2,1H3,(H,15,16). The SMILES string of the molecule is CC1CCC(CP(=O)(O)c2ccccc2)CC1. The Morgan fingerprint density at radius 2 is 1.76 bits per heavy atom. The van der Waals surface area contributed by atoms with Crippen LogP contribution in [0.4, 0.5) is 0 Å². The maximum Gasteiger partial charge on any atom is 0.229 e. The molecule has 1 fully saturated rings. The van der Waals surface area contributed by atoms with Crippen molar-refractivity contribution in [2.45, 2.75) is 32.6 Å². The summed E-state index contributed by atoms with van der Waals surface area (Å²) in [6.45, 7) is 2.27. The first-order valence-corrected chi connectivity index (χ1v) is 8.30. The average Bonchev–Trinajstić information content (AvgIpc) is 2.33. The number of hydrogen-bond donors (Lipinski definition) is 1. The molecule has 3 heteroatoms. The first-order chi connectivity index (χ1) is 8.08. The van der Waals surface area contributed by atoms with Gasteiger partial charge in [0.1, 0.15) is 0 Å². The number of benzene rings is 1. The summed E-state index contributed by atoms with van der Waals surface area (Å²) in [5.41, 5.74) is 0. The van der Waals surface area contributed by atoms with Crippen LogP contribution >= 0.6 is 7.37 Å². The van der Waals surface area contributed by atoms with Gasteiger partial charge in [0.05, 0.1) is 0 Å². The molecule has 0 bridgehead atoms. The molecule has 94 valence electrons. The molecule has 0 heterocycles. The Morgan fingerprint density at radius 3 is 2.35 bits per heavy atom. The van der Waals surface area contributed by atoms with Crippen LogP contribution in [0.15, 0.2) is 30.3 Å². The summed E-state index contributed by atoms with van der Waals surface area (Å²) in [5.74, 6) is 1.23. The maximum atomic E-state index is 12.3. The lowest BCUT2D eigenvalue weighted by atomic mass is 9.84. The third-order valence-corrected chi connectivity index (χ3v) is 5.92. The van der Waals surface area contributed by atoms with Crippen molar-refractivity contribution in [3.63, 3.8) is 0 Å². The summed E-state index contributed by atoms with van der Waals surface area (Å²) >= 11 is 0. The van der Waals surface area contributed by atoms with E-state index in [9.17, 15) is 9.46 Å². The normalized spacial score (nSPS) is 28.6. The lowest BCUT2D eigenvalue weighted by Crippen LogP contribution is -2.19. The van der Waals surface area contributed by atoms with Crippen LogP contribution in [-0.4, -0.2) is 11.1 Å². The van der Waals surface area contributed by atoms with Crippen molar-refractivity contribution in [2.75, 3.05) is 6.16 Å². The van der Waals surface area contributed by atoms with Gasteiger partial charge in [-0.2, -0.15) is 0 Å². The van der Waals surface area contributed by atoms with Gasteiger partial charge in [-0.3, -0.25) is 4.57 Å². The van der Waals surface area contributed by atoms with E-state index in [4.69, 9.17) is 0 Å². The molecule has 0 saturated heterocycles. The van der Waals surface area contributed by atoms with Crippen LogP contribution in [0.5, 0.6) is 0 Å². The predicted molar refractivity (Wildman–Crippen MR) is 71.9 cm³/mol. The molecule has 1 aliphatic rings. The van der Waals surface area contributed by atoms with Crippen molar-refractivity contribution < 1.29 is 9.46 Å². The van der Waals surface area contributed by atoms with Crippen molar-refractivity contribution in [1.82, 2.24) is 0 Å². The van der Waals surface area contributed by atoms with Crippen LogP contribution in [0.2, 0.25) is 0 Å². The molecule has 0 aliphatic heterocycles. The van der Waals surface area contributed by atoms with Crippen LogP contribution in [0.25, 0.3) is 0 Å². The Labute approximate surface area is 104 Å². The van der Waals surface area contributed by atoms with Crippen LogP contribution < -0.4 is 5.30 Å². The molecule has 0 spiro atoms. The van der Waals surface area contributed by atoms with Crippen molar-refractivity contribution in [2.24, 2.45) is 11.8 Å². The molecular weight excluding hydrogens is 231 g/mol. The van der Waals surface area contributed by atoms with Crippen molar-refractivity contribution in [3.8, 4) is 0 Å². The molecule has 17 heavy (non-hydrogen) atoms. The van der Waals surface area contributed by atoms with E-state index >= 15 is 0 Å². The Balaban J connectivity index is 2.00. The molecule has 2 rings (SSSR count). The minimum atomic E-state index is -3.13. The quantitative estimate of drug-likeness (QED) is 0.837. The van der Waals surface area contributed by atoms with E-state index in [-0.39, 0.29) is 0 Å². The first-order valence-electron chi connectivity index (χ1n) is 6.45. The van der Waals surface area contributed by atoms with Gasteiger partial charge in [0.2, 0.25) is 7.37 Å². The molecule has 1 aromatic carbocycles. The van der Waals surface area contributed by atoms with E-state index in [1.165, 1.54) is 12.8 Å². The summed E-state index contributed by atoms with van der Waals surface area (Å²) < 4.78 is 12.3. The summed E-state index contributed by atoms with van der Waals surface area (Å²) in [5, 5.41) is 0.610. The van der Waals surface area contributed by atoms with Crippen molar-refractivity contribution in [1.29, 1.82) is 0 Å². The lowest BCUT2D eigenvalue weighted by molar-refractivity contribution is 0.304. The summed E-state index contributed by atoms with van der Waals surface area (Å²) in [6, 6.07) is 9.09. The second-order valence-electron chi connectivity index (χ2n) is 5.35. The van der Waals surface area contributed by atoms with Gasteiger partial charge in [-0.25, -0.2) is 0 Å². The van der Waals surface area contributed by atoms with Gasteiger partial charge < -0.3 is 4.89 Å². The fourth-order valence-corrected chi connectivity index (χ4v) is 4.54. The topological polar surface area (TPSA) is 37.3 Å². The minimum Gasteiger partial charge on any atom is -0.341 e. The van der Waals surface area contributed by atoms with E-state index in [1.54, 1.807) is 12.1 Å². The molecule has 0 amide bonds. The van der Waals surface area contributed by atoms with E-state index in [0.717, 1.165) is 18.8 Å². The molecule has 1 aromatic rings. The number of rotatable bonds is 3. The van der Waals surface area contributed by atoms with Crippen LogP contribution in [0, 0.1) is 11.8 Å². The van der Waals surface area contributed by atoms with Crippen LogP contribution in [0.1, 0.15) is 32.6 Å². The molecule has 0 aromatic heterocycles. The first kappa shape index (κ1) is 12.9. The van der Waals surface area contributed by atoms with E-state index in [2.05, 4.69) is 6.92 Å². The average molecular weight is 252 g/mol. The molecule has 1 N–H and O–H groups in total. The monoisotopic (exact) mass is 252 g/mol. The van der Waals surface area contributed by atoms with E-state index in [1.807, 2.05) is 18.2 Å². The van der Waals surface area contributed by atoms with Gasteiger partial charge in [-0.05, 0) is 36.8 Å². The fourth-order valence-electron chi connectivity index (χ4n) is 2.63. The van der Waals surface area contributed by atoms with Gasteiger partial charge in [0.25, 0.3) is 0 Å². The lowest BCUT2D eigenvalue weighted by Gasteiger charge is -2.27. The predicted octanol–water partition coefficient (Wildman–Crippen LogP) is 3.41. The van der Waals surface area contributed by atoms with Gasteiger partial charge >= 0.3 is 0 Å². The highest BCUT2D eigenvalue weighted by Gasteiger charge is 2.28. The zero-order chi connectivity index (χ0) is 12.3. The summed E-state index contributed by atoms with van der Waals surface area (Å²) in [6.07, 6.45) is 5.10. The highest BCUT2D eigenvalue weighted by molar-refractivity contribution is 7.66. The molecule has 1 aliphatic carbocycles. The summed E-state index contributed by atoms with van der Waals surface area (Å²) in [4.78, 5) is 10.2. The Hall–Kier alpha value is -0.590. The van der Waals surface area contributed by atoms with Crippen molar-refractivity contribution >= 4 is 12.7 Å². The van der Waals surface area contributed by atoms with Gasteiger partial charge in [-0.1, -0.05) is 38.0 Å². The molecular formula is C14H21O2P. The summed E-state index contributed by atoms with van der Waals surface area (Å²) in [7, 11) is -3.13. The highest BCUT2D eigenvalue weighted by atomic mass is 31.2. The molecule has 2 nitrogen and oxygen atoms in total. The van der Waals surface area contributed by atoms with Gasteiger partial charge in [0.15, 0.2) is 0 Å². The maximum absolute atomic E-state index is 12.3. The Kier molecular flexibility index (Phi) is 4.06. The third kappa shape index (κ3) is 3.43. The van der Waals surface area contributed by atoms with Crippen LogP contribution in [-0.2, 0) is 4.57 Å². The smallest absolute Gasteiger partial charge is 0.229 e. The highest BCUT2D eigenvalue weighted by Crippen LogP contribution is 2.44. The fraction of sp³-hybridized carbons (Fsp3) is 0.571. The second-order valence-corrected chi connectivity index (χ2v) is 7.63. The Bertz CT molecular complexity index is 394. The van der Waals surface area contributed by atoms with Crippen molar-refractivity contribution in [3.05, 3.63) is 30.3 Å². The second kappa shape index (κ2) is 5.37. The Morgan fingerprint density at radius 1 is 1.18 bits per heavy atom. The zero-order valence-electron chi connectivity index (χ0n) is 10.4. The third-order valence-electron chi connectivity index (χ3n) is 3.80. The molecule has 0 radical (unpaired) electrons. The molecule has 1 unspecified atom stereocenters. The largest absolute Gasteiger partial charge is 0.341 e. The molecule has 1 atom stereocenters. The van der Waals surface area contributed by atoms with Gasteiger partial charge in [-0.15, -0.1) is 0 Å². The number of hydrogen-bond acceptors (Lipinski definition) is 1. The van der Waals surface area contributed by atoms with Gasteiger partial charge in [0, 0.05) is 11.5 Å². The molecule has 1 saturated carbocycles.